The second-order valence-electron chi connectivity index (χ2n) is 5.12. The fourth-order valence-corrected chi connectivity index (χ4v) is 2.37. The smallest absolute Gasteiger partial charge is 0.245 e. The van der Waals surface area contributed by atoms with Crippen LogP contribution < -0.4 is 5.32 Å². The number of hydrogen-bond acceptors (Lipinski definition) is 5. The molecule has 2 heterocycles. The van der Waals surface area contributed by atoms with E-state index >= 15 is 0 Å². The van der Waals surface area contributed by atoms with Gasteiger partial charge in [-0.05, 0) is 18.6 Å². The zero-order valence-electron chi connectivity index (χ0n) is 12.0. The van der Waals surface area contributed by atoms with Crippen molar-refractivity contribution in [3.05, 3.63) is 5.82 Å². The topological polar surface area (TPSA) is 93.0 Å². The normalized spacial score (nSPS) is 23.6. The van der Waals surface area contributed by atoms with Crippen molar-refractivity contribution in [1.82, 2.24) is 30.4 Å². The van der Waals surface area contributed by atoms with Crippen LogP contribution in [0.5, 0.6) is 0 Å². The number of hydrogen-bond donors (Lipinski definition) is 1. The standard InChI is InChI=1S/C12H20N6O2/c1-4-5-9-12(20)18(8(2)6-11(19)13-9)7-10-14-16-17(3)15-10/h8-9H,4-7H2,1-3H3,(H,13,19). The van der Waals surface area contributed by atoms with Gasteiger partial charge in [-0.25, -0.2) is 0 Å². The molecule has 0 spiro atoms. The number of tetrazole rings is 1. The monoisotopic (exact) mass is 280 g/mol. The largest absolute Gasteiger partial charge is 0.344 e. The number of rotatable bonds is 4. The Morgan fingerprint density at radius 3 is 2.75 bits per heavy atom. The van der Waals surface area contributed by atoms with Gasteiger partial charge in [-0.2, -0.15) is 4.80 Å². The first kappa shape index (κ1) is 14.4. The van der Waals surface area contributed by atoms with Crippen molar-refractivity contribution < 1.29 is 9.59 Å². The molecular weight excluding hydrogens is 260 g/mol. The summed E-state index contributed by atoms with van der Waals surface area (Å²) in [6.07, 6.45) is 1.77. The molecule has 1 N–H and O–H groups in total. The van der Waals surface area contributed by atoms with Gasteiger partial charge in [-0.15, -0.1) is 10.2 Å². The molecule has 110 valence electrons. The van der Waals surface area contributed by atoms with E-state index in [9.17, 15) is 9.59 Å². The third-order valence-corrected chi connectivity index (χ3v) is 3.37. The van der Waals surface area contributed by atoms with Crippen molar-refractivity contribution in [3.8, 4) is 0 Å². The number of nitrogens with one attached hydrogen (secondary N) is 1. The summed E-state index contributed by atoms with van der Waals surface area (Å²) in [5, 5.41) is 14.5. The Morgan fingerprint density at radius 1 is 1.40 bits per heavy atom. The molecule has 0 bridgehead atoms. The van der Waals surface area contributed by atoms with Crippen LogP contribution in [0.2, 0.25) is 0 Å². The summed E-state index contributed by atoms with van der Waals surface area (Å²) in [5.74, 6) is 0.328. The fraction of sp³-hybridized carbons (Fsp3) is 0.750. The number of carbonyl (C=O) groups is 2. The van der Waals surface area contributed by atoms with Crippen LogP contribution in [0.15, 0.2) is 0 Å². The maximum Gasteiger partial charge on any atom is 0.245 e. The molecule has 1 saturated heterocycles. The lowest BCUT2D eigenvalue weighted by Gasteiger charge is -2.27. The van der Waals surface area contributed by atoms with Crippen LogP contribution in [0.3, 0.4) is 0 Å². The van der Waals surface area contributed by atoms with Crippen molar-refractivity contribution in [3.63, 3.8) is 0 Å². The highest BCUT2D eigenvalue weighted by molar-refractivity contribution is 5.90. The molecule has 2 rings (SSSR count). The number of carbonyl (C=O) groups excluding carboxylic acids is 2. The Morgan fingerprint density at radius 2 is 2.15 bits per heavy atom. The molecule has 8 nitrogen and oxygen atoms in total. The Kier molecular flexibility index (Phi) is 4.31. The predicted molar refractivity (Wildman–Crippen MR) is 70.3 cm³/mol. The van der Waals surface area contributed by atoms with Gasteiger partial charge in [0.05, 0.1) is 13.6 Å². The minimum atomic E-state index is -0.450. The van der Waals surface area contributed by atoms with Gasteiger partial charge in [0.1, 0.15) is 6.04 Å². The molecule has 0 saturated carbocycles. The van der Waals surface area contributed by atoms with Crippen LogP contribution in [0, 0.1) is 0 Å². The molecule has 1 aliphatic rings. The molecule has 1 fully saturated rings. The number of amides is 2. The van der Waals surface area contributed by atoms with Crippen LogP contribution in [0.25, 0.3) is 0 Å². The fourth-order valence-electron chi connectivity index (χ4n) is 2.37. The van der Waals surface area contributed by atoms with Gasteiger partial charge in [0.2, 0.25) is 11.8 Å². The first-order valence-electron chi connectivity index (χ1n) is 6.84. The van der Waals surface area contributed by atoms with E-state index in [0.717, 1.165) is 6.42 Å². The molecule has 0 aliphatic carbocycles. The van der Waals surface area contributed by atoms with Gasteiger partial charge < -0.3 is 10.2 Å². The molecule has 2 unspecified atom stereocenters. The Balaban J connectivity index is 2.18. The molecule has 0 radical (unpaired) electrons. The highest BCUT2D eigenvalue weighted by atomic mass is 16.2. The number of nitrogens with zero attached hydrogens (tertiary/aromatic N) is 5. The Labute approximate surface area is 117 Å². The van der Waals surface area contributed by atoms with E-state index in [4.69, 9.17) is 0 Å². The molecule has 0 aromatic carbocycles. The van der Waals surface area contributed by atoms with Crippen molar-refractivity contribution >= 4 is 11.8 Å². The summed E-state index contributed by atoms with van der Waals surface area (Å²) in [7, 11) is 1.68. The van der Waals surface area contributed by atoms with Gasteiger partial charge in [-0.3, -0.25) is 9.59 Å². The van der Waals surface area contributed by atoms with Gasteiger partial charge in [0.15, 0.2) is 5.82 Å². The van der Waals surface area contributed by atoms with E-state index in [1.54, 1.807) is 11.9 Å². The molecule has 1 aliphatic heterocycles. The molecule has 1 aromatic rings. The summed E-state index contributed by atoms with van der Waals surface area (Å²) >= 11 is 0. The summed E-state index contributed by atoms with van der Waals surface area (Å²) in [5.41, 5.74) is 0. The maximum absolute atomic E-state index is 12.5. The zero-order chi connectivity index (χ0) is 14.7. The highest BCUT2D eigenvalue weighted by Gasteiger charge is 2.33. The molecule has 20 heavy (non-hydrogen) atoms. The van der Waals surface area contributed by atoms with Crippen LogP contribution in [-0.4, -0.2) is 49.0 Å². The number of aryl methyl sites for hydroxylation is 1. The van der Waals surface area contributed by atoms with E-state index in [2.05, 4.69) is 20.7 Å². The lowest BCUT2D eigenvalue weighted by molar-refractivity contribution is -0.135. The van der Waals surface area contributed by atoms with Crippen molar-refractivity contribution in [2.45, 2.75) is 51.7 Å². The summed E-state index contributed by atoms with van der Waals surface area (Å²) in [4.78, 5) is 27.3. The summed E-state index contributed by atoms with van der Waals surface area (Å²) in [6, 6.07) is -0.623. The minimum absolute atomic E-state index is 0.0716. The Bertz CT molecular complexity index is 500. The van der Waals surface area contributed by atoms with Crippen LogP contribution >= 0.6 is 0 Å². The van der Waals surface area contributed by atoms with E-state index in [-0.39, 0.29) is 24.4 Å². The molecule has 2 atom stereocenters. The molecule has 8 heteroatoms. The highest BCUT2D eigenvalue weighted by Crippen LogP contribution is 2.16. The first-order valence-corrected chi connectivity index (χ1v) is 6.84. The minimum Gasteiger partial charge on any atom is -0.344 e. The van der Waals surface area contributed by atoms with Crippen molar-refractivity contribution in [1.29, 1.82) is 0 Å². The number of aromatic nitrogens is 4. The summed E-state index contributed by atoms with van der Waals surface area (Å²) in [6.45, 7) is 4.13. The SMILES string of the molecule is CCCC1NC(=O)CC(C)N(Cc2nnn(C)n2)C1=O. The van der Waals surface area contributed by atoms with Crippen LogP contribution in [0.1, 0.15) is 38.9 Å². The van der Waals surface area contributed by atoms with Gasteiger partial charge in [0.25, 0.3) is 0 Å². The Hall–Kier alpha value is -1.99. The van der Waals surface area contributed by atoms with E-state index in [0.29, 0.717) is 18.7 Å². The quantitative estimate of drug-likeness (QED) is 0.811. The first-order chi connectivity index (χ1) is 9.51. The average molecular weight is 280 g/mol. The second kappa shape index (κ2) is 5.98. The second-order valence-corrected chi connectivity index (χ2v) is 5.12. The third-order valence-electron chi connectivity index (χ3n) is 3.37. The molecule has 1 aromatic heterocycles. The summed E-state index contributed by atoms with van der Waals surface area (Å²) < 4.78 is 0. The van der Waals surface area contributed by atoms with E-state index in [1.165, 1.54) is 4.80 Å². The van der Waals surface area contributed by atoms with Crippen molar-refractivity contribution in [2.75, 3.05) is 0 Å². The van der Waals surface area contributed by atoms with E-state index < -0.39 is 6.04 Å². The molecular formula is C12H20N6O2. The van der Waals surface area contributed by atoms with Crippen molar-refractivity contribution in [2.24, 2.45) is 7.05 Å². The molecule has 2 amide bonds. The van der Waals surface area contributed by atoms with Gasteiger partial charge in [-0.1, -0.05) is 13.3 Å². The zero-order valence-corrected chi connectivity index (χ0v) is 12.0. The van der Waals surface area contributed by atoms with Crippen LogP contribution in [-0.2, 0) is 23.2 Å². The van der Waals surface area contributed by atoms with Gasteiger partial charge in [0, 0.05) is 12.5 Å². The lowest BCUT2D eigenvalue weighted by Crippen LogP contribution is -2.46. The van der Waals surface area contributed by atoms with Gasteiger partial charge >= 0.3 is 0 Å². The predicted octanol–water partition coefficient (Wildman–Crippen LogP) is -0.384. The van der Waals surface area contributed by atoms with E-state index in [1.807, 2.05) is 13.8 Å². The maximum atomic E-state index is 12.5. The third kappa shape index (κ3) is 3.12. The average Bonchev–Trinajstić information content (AvgIpc) is 2.76. The van der Waals surface area contributed by atoms with Crippen LogP contribution in [0.4, 0.5) is 0 Å². The lowest BCUT2D eigenvalue weighted by atomic mass is 10.1.